The third-order valence-electron chi connectivity index (χ3n) is 6.37. The lowest BCUT2D eigenvalue weighted by atomic mass is 10.1. The molecule has 2 N–H and O–H groups in total. The standard InChI is InChI=1S/C31H30BrN5O3/c1-4-18-37-27-17-14-23(32)20-25(27)28(31(37)40)34-35-30(39)26(33-29(38)22-10-8-7-9-11-22)19-21-12-15-24(16-13-21)36(5-2)6-3/h4,7-17,19-20,40H,1,5-6,18H2,2-3H3,(H,33,38). The zero-order chi connectivity index (χ0) is 28.6. The molecule has 8 nitrogen and oxygen atoms in total. The van der Waals surface area contributed by atoms with Crippen LogP contribution in [0.25, 0.3) is 17.0 Å². The summed E-state index contributed by atoms with van der Waals surface area (Å²) in [5.74, 6) is -1.36. The summed E-state index contributed by atoms with van der Waals surface area (Å²) in [6.45, 7) is 10.0. The number of hydrogen-bond donors (Lipinski definition) is 2. The van der Waals surface area contributed by atoms with E-state index in [1.807, 2.05) is 36.4 Å². The fourth-order valence-corrected chi connectivity index (χ4v) is 4.69. The van der Waals surface area contributed by atoms with Crippen molar-refractivity contribution in [3.05, 3.63) is 107 Å². The number of anilines is 1. The monoisotopic (exact) mass is 599 g/mol. The summed E-state index contributed by atoms with van der Waals surface area (Å²) in [7, 11) is 0. The number of nitrogens with one attached hydrogen (secondary N) is 1. The van der Waals surface area contributed by atoms with Gasteiger partial charge in [0.15, 0.2) is 5.69 Å². The molecule has 3 aromatic carbocycles. The molecule has 1 heterocycles. The molecule has 0 saturated carbocycles. The van der Waals surface area contributed by atoms with Crippen molar-refractivity contribution >= 4 is 56.1 Å². The van der Waals surface area contributed by atoms with E-state index in [1.165, 1.54) is 0 Å². The van der Waals surface area contributed by atoms with E-state index in [-0.39, 0.29) is 17.3 Å². The third-order valence-corrected chi connectivity index (χ3v) is 6.87. The van der Waals surface area contributed by atoms with Crippen molar-refractivity contribution in [2.45, 2.75) is 20.4 Å². The van der Waals surface area contributed by atoms with E-state index >= 15 is 0 Å². The Morgan fingerprint density at radius 2 is 1.75 bits per heavy atom. The number of azo groups is 1. The number of allylic oxidation sites excluding steroid dienone is 1. The van der Waals surface area contributed by atoms with Gasteiger partial charge in [-0.3, -0.25) is 9.59 Å². The Morgan fingerprint density at radius 1 is 1.05 bits per heavy atom. The van der Waals surface area contributed by atoms with Gasteiger partial charge in [0.25, 0.3) is 5.91 Å². The highest BCUT2D eigenvalue weighted by Gasteiger charge is 2.19. The number of hydrogen-bond acceptors (Lipinski definition) is 5. The zero-order valence-electron chi connectivity index (χ0n) is 22.3. The predicted molar refractivity (Wildman–Crippen MR) is 163 cm³/mol. The summed E-state index contributed by atoms with van der Waals surface area (Å²) < 4.78 is 2.40. The zero-order valence-corrected chi connectivity index (χ0v) is 23.9. The van der Waals surface area contributed by atoms with Crippen LogP contribution in [0.5, 0.6) is 5.88 Å². The van der Waals surface area contributed by atoms with Gasteiger partial charge in [-0.05, 0) is 68.0 Å². The average molecular weight is 601 g/mol. The largest absolute Gasteiger partial charge is 0.493 e. The quantitative estimate of drug-likeness (QED) is 0.114. The lowest BCUT2D eigenvalue weighted by Gasteiger charge is -2.20. The van der Waals surface area contributed by atoms with Crippen LogP contribution in [0.3, 0.4) is 0 Å². The molecule has 0 atom stereocenters. The highest BCUT2D eigenvalue weighted by molar-refractivity contribution is 9.10. The Balaban J connectivity index is 1.71. The molecule has 0 aliphatic heterocycles. The van der Waals surface area contributed by atoms with Crippen molar-refractivity contribution in [1.82, 2.24) is 9.88 Å². The summed E-state index contributed by atoms with van der Waals surface area (Å²) in [5, 5.41) is 22.2. The Bertz CT molecular complexity index is 1590. The molecule has 4 aromatic rings. The van der Waals surface area contributed by atoms with Crippen LogP contribution < -0.4 is 10.2 Å². The second-order valence-electron chi connectivity index (χ2n) is 8.88. The van der Waals surface area contributed by atoms with E-state index in [2.05, 4.69) is 56.8 Å². The van der Waals surface area contributed by atoms with E-state index < -0.39 is 11.8 Å². The SMILES string of the molecule is C=CCn1c(O)c(N=NC(=O)C(=Cc2ccc(N(CC)CC)cc2)NC(=O)c2ccccc2)c2cc(Br)ccc21. The molecular formula is C31H30BrN5O3. The maximum absolute atomic E-state index is 13.3. The molecule has 40 heavy (non-hydrogen) atoms. The first-order valence-electron chi connectivity index (χ1n) is 12.9. The minimum atomic E-state index is -0.767. The van der Waals surface area contributed by atoms with Crippen molar-refractivity contribution in [1.29, 1.82) is 0 Å². The topological polar surface area (TPSA) is 99.3 Å². The Kier molecular flexibility index (Phi) is 9.29. The van der Waals surface area contributed by atoms with Crippen molar-refractivity contribution in [2.24, 2.45) is 10.2 Å². The van der Waals surface area contributed by atoms with E-state index in [9.17, 15) is 14.7 Å². The minimum Gasteiger partial charge on any atom is -0.493 e. The van der Waals surface area contributed by atoms with Crippen molar-refractivity contribution in [2.75, 3.05) is 18.0 Å². The lowest BCUT2D eigenvalue weighted by molar-refractivity contribution is -0.115. The van der Waals surface area contributed by atoms with Crippen molar-refractivity contribution in [3.63, 3.8) is 0 Å². The van der Waals surface area contributed by atoms with Crippen LogP contribution in [-0.2, 0) is 11.3 Å². The van der Waals surface area contributed by atoms with Crippen molar-refractivity contribution < 1.29 is 14.7 Å². The van der Waals surface area contributed by atoms with Gasteiger partial charge in [0.2, 0.25) is 5.88 Å². The molecule has 0 unspecified atom stereocenters. The number of rotatable bonds is 10. The molecule has 0 fully saturated rings. The summed E-state index contributed by atoms with van der Waals surface area (Å²) in [4.78, 5) is 28.5. The molecular weight excluding hydrogens is 570 g/mol. The molecule has 204 valence electrons. The van der Waals surface area contributed by atoms with Gasteiger partial charge in [-0.2, -0.15) is 0 Å². The highest BCUT2D eigenvalue weighted by Crippen LogP contribution is 2.40. The average Bonchev–Trinajstić information content (AvgIpc) is 3.22. The van der Waals surface area contributed by atoms with Crippen LogP contribution >= 0.6 is 15.9 Å². The molecule has 1 aromatic heterocycles. The number of benzene rings is 3. The third kappa shape index (κ3) is 6.38. The van der Waals surface area contributed by atoms with Gasteiger partial charge in [0.1, 0.15) is 5.70 Å². The number of aromatic nitrogens is 1. The summed E-state index contributed by atoms with van der Waals surface area (Å²) in [6.07, 6.45) is 3.21. The molecule has 0 radical (unpaired) electrons. The van der Waals surface area contributed by atoms with Crippen molar-refractivity contribution in [3.8, 4) is 5.88 Å². The number of carbonyl (C=O) groups excluding carboxylic acids is 2. The number of nitrogens with zero attached hydrogens (tertiary/aromatic N) is 4. The smallest absolute Gasteiger partial charge is 0.311 e. The molecule has 4 rings (SSSR count). The van der Waals surface area contributed by atoms with Crippen LogP contribution in [0.4, 0.5) is 11.4 Å². The van der Waals surface area contributed by atoms with Gasteiger partial charge in [-0.25, -0.2) is 0 Å². The van der Waals surface area contributed by atoms with Gasteiger partial charge >= 0.3 is 5.91 Å². The van der Waals surface area contributed by atoms with E-state index in [0.29, 0.717) is 28.6 Å². The molecule has 0 aliphatic carbocycles. The molecule has 9 heteroatoms. The maximum Gasteiger partial charge on any atom is 0.311 e. The first-order valence-corrected chi connectivity index (χ1v) is 13.7. The van der Waals surface area contributed by atoms with Gasteiger partial charge in [0, 0.05) is 40.7 Å². The van der Waals surface area contributed by atoms with Crippen LogP contribution in [-0.4, -0.2) is 34.6 Å². The Labute approximate surface area is 241 Å². The predicted octanol–water partition coefficient (Wildman–Crippen LogP) is 7.22. The second kappa shape index (κ2) is 13.0. The van der Waals surface area contributed by atoms with E-state index in [1.54, 1.807) is 53.1 Å². The number of amides is 2. The second-order valence-corrected chi connectivity index (χ2v) is 9.80. The van der Waals surface area contributed by atoms with Gasteiger partial charge in [0.05, 0.1) is 5.52 Å². The van der Waals surface area contributed by atoms with Crippen LogP contribution in [0.15, 0.2) is 106 Å². The maximum atomic E-state index is 13.3. The van der Waals surface area contributed by atoms with E-state index in [4.69, 9.17) is 0 Å². The van der Waals surface area contributed by atoms with Gasteiger partial charge in [-0.1, -0.05) is 52.3 Å². The molecule has 0 spiro atoms. The molecule has 0 aliphatic rings. The number of carbonyl (C=O) groups is 2. The molecule has 0 bridgehead atoms. The Morgan fingerprint density at radius 3 is 2.40 bits per heavy atom. The molecule has 0 saturated heterocycles. The summed E-state index contributed by atoms with van der Waals surface area (Å²) >= 11 is 3.44. The first-order chi connectivity index (χ1) is 19.4. The summed E-state index contributed by atoms with van der Waals surface area (Å²) in [5.41, 5.74) is 2.96. The van der Waals surface area contributed by atoms with Crippen LogP contribution in [0.2, 0.25) is 0 Å². The minimum absolute atomic E-state index is 0.0521. The fraction of sp³-hybridized carbons (Fsp3) is 0.161. The molecule has 2 amide bonds. The highest BCUT2D eigenvalue weighted by atomic mass is 79.9. The number of halogens is 1. The fourth-order valence-electron chi connectivity index (χ4n) is 4.33. The van der Waals surface area contributed by atoms with Gasteiger partial charge in [-0.15, -0.1) is 16.8 Å². The first kappa shape index (κ1) is 28.5. The van der Waals surface area contributed by atoms with Crippen LogP contribution in [0, 0.1) is 0 Å². The summed E-state index contributed by atoms with van der Waals surface area (Å²) in [6, 6.07) is 21.7. The van der Waals surface area contributed by atoms with Crippen LogP contribution in [0.1, 0.15) is 29.8 Å². The van der Waals surface area contributed by atoms with Gasteiger partial charge < -0.3 is 19.9 Å². The Hall–Kier alpha value is -4.50. The lowest BCUT2D eigenvalue weighted by Crippen LogP contribution is -2.26. The number of fused-ring (bicyclic) bond motifs is 1. The van der Waals surface area contributed by atoms with E-state index in [0.717, 1.165) is 23.2 Å². The number of aromatic hydroxyl groups is 1. The normalized spacial score (nSPS) is 11.6.